The maximum atomic E-state index is 13.5. The first-order chi connectivity index (χ1) is 19.7. The number of carbonyl (C=O) groups is 3. The molecule has 0 aromatic heterocycles. The van der Waals surface area contributed by atoms with Crippen LogP contribution in [0, 0.1) is 0 Å². The summed E-state index contributed by atoms with van der Waals surface area (Å²) in [5, 5.41) is 12.2. The Bertz CT molecular complexity index is 1520. The molecule has 0 saturated heterocycles. The normalized spacial score (nSPS) is 12.2. The smallest absolute Gasteiger partial charge is 0.411 e. The van der Waals surface area contributed by atoms with Crippen molar-refractivity contribution in [1.29, 1.82) is 0 Å². The van der Waals surface area contributed by atoms with E-state index < -0.39 is 24.0 Å². The number of carbonyl (C=O) groups excluding carboxylic acids is 2. The van der Waals surface area contributed by atoms with Gasteiger partial charge in [0.05, 0.1) is 5.41 Å². The van der Waals surface area contributed by atoms with Crippen molar-refractivity contribution >= 4 is 23.7 Å². The molecule has 7 nitrogen and oxygen atoms in total. The van der Waals surface area contributed by atoms with Gasteiger partial charge in [-0.3, -0.25) is 14.9 Å². The van der Waals surface area contributed by atoms with E-state index in [4.69, 9.17) is 4.74 Å². The molecule has 5 rings (SSSR count). The minimum Gasteiger partial charge on any atom is -0.480 e. The summed E-state index contributed by atoms with van der Waals surface area (Å²) in [5.41, 5.74) is 5.69. The first kappa shape index (κ1) is 27.6. The number of benzene rings is 4. The zero-order valence-electron chi connectivity index (χ0n) is 23.0. The molecule has 208 valence electrons. The van der Waals surface area contributed by atoms with Gasteiger partial charge in [0, 0.05) is 18.2 Å². The molecular formula is C34H32N2O5. The lowest BCUT2D eigenvalue weighted by Gasteiger charge is -2.31. The molecule has 4 aromatic rings. The van der Waals surface area contributed by atoms with Crippen LogP contribution >= 0.6 is 0 Å². The van der Waals surface area contributed by atoms with Crippen molar-refractivity contribution in [2.45, 2.75) is 31.7 Å². The van der Waals surface area contributed by atoms with Crippen LogP contribution in [-0.4, -0.2) is 41.1 Å². The lowest BCUT2D eigenvalue weighted by Crippen LogP contribution is -2.45. The van der Waals surface area contributed by atoms with Gasteiger partial charge in [0.1, 0.15) is 13.2 Å². The number of ether oxygens (including phenoxy) is 1. The number of rotatable bonds is 9. The fourth-order valence-corrected chi connectivity index (χ4v) is 5.41. The first-order valence-electron chi connectivity index (χ1n) is 13.5. The highest BCUT2D eigenvalue weighted by atomic mass is 16.5. The maximum Gasteiger partial charge on any atom is 0.411 e. The molecule has 1 aliphatic rings. The highest BCUT2D eigenvalue weighted by molar-refractivity contribution is 5.90. The van der Waals surface area contributed by atoms with Crippen LogP contribution in [0.5, 0.6) is 0 Å². The van der Waals surface area contributed by atoms with Crippen LogP contribution in [0.25, 0.3) is 11.1 Å². The molecule has 0 fully saturated rings. The van der Waals surface area contributed by atoms with Crippen molar-refractivity contribution in [2.24, 2.45) is 0 Å². The molecule has 0 aliphatic heterocycles. The fourth-order valence-electron chi connectivity index (χ4n) is 5.41. The molecule has 0 heterocycles. The van der Waals surface area contributed by atoms with Crippen LogP contribution in [0.2, 0.25) is 0 Å². The molecule has 0 unspecified atom stereocenters. The number of hydrogen-bond acceptors (Lipinski definition) is 4. The second kappa shape index (κ2) is 11.7. The summed E-state index contributed by atoms with van der Waals surface area (Å²) in [6.07, 6.45) is -0.564. The zero-order valence-corrected chi connectivity index (χ0v) is 23.0. The van der Waals surface area contributed by atoms with E-state index >= 15 is 0 Å². The predicted molar refractivity (Wildman–Crippen MR) is 158 cm³/mol. The summed E-state index contributed by atoms with van der Waals surface area (Å²) in [7, 11) is 0. The van der Waals surface area contributed by atoms with E-state index in [1.54, 1.807) is 38.1 Å². The number of hydrogen-bond donors (Lipinski definition) is 2. The van der Waals surface area contributed by atoms with Gasteiger partial charge in [-0.05, 0) is 59.4 Å². The highest BCUT2D eigenvalue weighted by Crippen LogP contribution is 2.44. The zero-order chi connectivity index (χ0) is 29.0. The summed E-state index contributed by atoms with van der Waals surface area (Å²) >= 11 is 0. The number of fused-ring (bicyclic) bond motifs is 3. The first-order valence-corrected chi connectivity index (χ1v) is 13.5. The second-order valence-electron chi connectivity index (χ2n) is 10.7. The Balaban J connectivity index is 1.23. The van der Waals surface area contributed by atoms with Crippen LogP contribution in [0.3, 0.4) is 0 Å². The van der Waals surface area contributed by atoms with Gasteiger partial charge in [-0.1, -0.05) is 91.0 Å². The highest BCUT2D eigenvalue weighted by Gasteiger charge is 2.35. The lowest BCUT2D eigenvalue weighted by atomic mass is 9.83. The van der Waals surface area contributed by atoms with Gasteiger partial charge < -0.3 is 14.7 Å². The van der Waals surface area contributed by atoms with E-state index in [-0.39, 0.29) is 25.0 Å². The molecule has 0 bridgehead atoms. The molecule has 7 heteroatoms. The third kappa shape index (κ3) is 5.99. The van der Waals surface area contributed by atoms with Crippen LogP contribution in [0.1, 0.15) is 42.0 Å². The third-order valence-corrected chi connectivity index (χ3v) is 7.56. The van der Waals surface area contributed by atoms with Gasteiger partial charge in [-0.25, -0.2) is 4.79 Å². The quantitative estimate of drug-likeness (QED) is 0.251. The average Bonchev–Trinajstić information content (AvgIpc) is 3.29. The molecule has 41 heavy (non-hydrogen) atoms. The number of amides is 2. The summed E-state index contributed by atoms with van der Waals surface area (Å²) < 4.78 is 5.64. The molecule has 0 atom stereocenters. The summed E-state index contributed by atoms with van der Waals surface area (Å²) in [6, 6.07) is 32.6. The number of nitrogens with one attached hydrogen (secondary N) is 1. The Hall–Kier alpha value is -4.91. The van der Waals surface area contributed by atoms with Crippen molar-refractivity contribution in [3.05, 3.63) is 125 Å². The van der Waals surface area contributed by atoms with Crippen LogP contribution in [0.4, 0.5) is 10.5 Å². The van der Waals surface area contributed by atoms with Crippen molar-refractivity contribution in [3.8, 4) is 11.1 Å². The Morgan fingerprint density at radius 2 is 1.37 bits per heavy atom. The monoisotopic (exact) mass is 548 g/mol. The van der Waals surface area contributed by atoms with Gasteiger partial charge in [0.25, 0.3) is 0 Å². The van der Waals surface area contributed by atoms with E-state index in [0.29, 0.717) is 11.3 Å². The van der Waals surface area contributed by atoms with Gasteiger partial charge in [0.15, 0.2) is 0 Å². The van der Waals surface area contributed by atoms with Crippen molar-refractivity contribution in [3.63, 3.8) is 0 Å². The topological polar surface area (TPSA) is 95.9 Å². The number of aliphatic carboxylic acids is 1. The number of anilines is 1. The standard InChI is InChI=1S/C34H32N2O5/c1-34(2,32(39)36(21-31(37)38)20-23-10-4-3-5-11-23)24-16-18-25(19-17-24)35-33(40)41-22-30-28-14-8-6-12-26(28)27-13-7-9-15-29(27)30/h3-19,30H,20-22H2,1-2H3,(H,35,40)(H,37,38). The molecular weight excluding hydrogens is 516 g/mol. The second-order valence-corrected chi connectivity index (χ2v) is 10.7. The summed E-state index contributed by atoms with van der Waals surface area (Å²) in [6.45, 7) is 3.53. The van der Waals surface area contributed by atoms with Gasteiger partial charge in [0.2, 0.25) is 5.91 Å². The minimum absolute atomic E-state index is 0.0352. The van der Waals surface area contributed by atoms with E-state index in [0.717, 1.165) is 27.8 Å². The molecule has 0 radical (unpaired) electrons. The van der Waals surface area contributed by atoms with Crippen molar-refractivity contribution < 1.29 is 24.2 Å². The average molecular weight is 549 g/mol. The summed E-state index contributed by atoms with van der Waals surface area (Å²) in [4.78, 5) is 39.1. The van der Waals surface area contributed by atoms with Gasteiger partial charge in [-0.2, -0.15) is 0 Å². The molecule has 2 N–H and O–H groups in total. The molecule has 0 saturated carbocycles. The van der Waals surface area contributed by atoms with Gasteiger partial charge in [-0.15, -0.1) is 0 Å². The predicted octanol–water partition coefficient (Wildman–Crippen LogP) is 6.44. The summed E-state index contributed by atoms with van der Waals surface area (Å²) in [5.74, 6) is -1.42. The Morgan fingerprint density at radius 1 is 0.805 bits per heavy atom. The number of nitrogens with zero attached hydrogens (tertiary/aromatic N) is 1. The van der Waals surface area contributed by atoms with Crippen molar-refractivity contribution in [1.82, 2.24) is 4.90 Å². The Morgan fingerprint density at radius 3 is 1.95 bits per heavy atom. The molecule has 4 aromatic carbocycles. The number of carboxylic acid groups (broad SMARTS) is 1. The molecule has 2 amide bonds. The maximum absolute atomic E-state index is 13.5. The third-order valence-electron chi connectivity index (χ3n) is 7.56. The fraction of sp³-hybridized carbons (Fsp3) is 0.206. The molecule has 0 spiro atoms. The largest absolute Gasteiger partial charge is 0.480 e. The van der Waals surface area contributed by atoms with E-state index in [2.05, 4.69) is 29.6 Å². The van der Waals surface area contributed by atoms with E-state index in [1.807, 2.05) is 54.6 Å². The SMILES string of the molecule is CC(C)(C(=O)N(CC(=O)O)Cc1ccccc1)c1ccc(NC(=O)OCC2c3ccccc3-c3ccccc32)cc1. The number of carboxylic acids is 1. The van der Waals surface area contributed by atoms with Crippen LogP contribution < -0.4 is 5.32 Å². The van der Waals surface area contributed by atoms with Crippen LogP contribution in [0.15, 0.2) is 103 Å². The van der Waals surface area contributed by atoms with Crippen molar-refractivity contribution in [2.75, 3.05) is 18.5 Å². The van der Waals surface area contributed by atoms with E-state index in [1.165, 1.54) is 4.90 Å². The van der Waals surface area contributed by atoms with Gasteiger partial charge >= 0.3 is 12.1 Å². The Kier molecular flexibility index (Phi) is 7.88. The van der Waals surface area contributed by atoms with Crippen LogP contribution in [-0.2, 0) is 26.3 Å². The molecule has 1 aliphatic carbocycles. The Labute approximate surface area is 239 Å². The lowest BCUT2D eigenvalue weighted by molar-refractivity contribution is -0.147. The van der Waals surface area contributed by atoms with E-state index in [9.17, 15) is 19.5 Å². The minimum atomic E-state index is -1.08.